The van der Waals surface area contributed by atoms with Gasteiger partial charge in [0.15, 0.2) is 0 Å². The summed E-state index contributed by atoms with van der Waals surface area (Å²) in [5.74, 6) is 0.657. The number of methoxy groups -OCH3 is 1. The van der Waals surface area contributed by atoms with Gasteiger partial charge in [0.1, 0.15) is 5.75 Å². The largest absolute Gasteiger partial charge is 0.496 e. The summed E-state index contributed by atoms with van der Waals surface area (Å²) < 4.78 is 5.73. The zero-order valence-electron chi connectivity index (χ0n) is 7.74. The highest BCUT2D eigenvalue weighted by Gasteiger charge is 2.06. The minimum atomic E-state index is -0.653. The first-order valence-electron chi connectivity index (χ1n) is 3.89. The second-order valence-electron chi connectivity index (χ2n) is 2.62. The van der Waals surface area contributed by atoms with E-state index in [-0.39, 0.29) is 0 Å². The van der Waals surface area contributed by atoms with E-state index < -0.39 is 10.1 Å². The molecular weight excluding hydrogens is 285 g/mol. The normalized spacial score (nSPS) is 11.3. The predicted octanol–water partition coefficient (Wildman–Crippen LogP) is 3.27. The maximum Gasteiger partial charge on any atom is 0.337 e. The van der Waals surface area contributed by atoms with Gasteiger partial charge in [-0.1, -0.05) is 6.07 Å². The molecule has 0 saturated heterocycles. The standard InChI is InChI=1S/C9H7BrClNO3/c1-15-8-3-2-6(4-7(8)10)5-9(11)12(13)14/h2-5H,1H3/b9-5+. The SMILES string of the molecule is COc1ccc(/C=C(\Cl)[N+](=O)[O-])cc1Br. The van der Waals surface area contributed by atoms with Crippen LogP contribution in [0.15, 0.2) is 27.8 Å². The monoisotopic (exact) mass is 291 g/mol. The van der Waals surface area contributed by atoms with Crippen molar-refractivity contribution in [2.75, 3.05) is 7.11 Å². The van der Waals surface area contributed by atoms with Crippen molar-refractivity contribution in [1.82, 2.24) is 0 Å². The van der Waals surface area contributed by atoms with Crippen LogP contribution in [0, 0.1) is 10.1 Å². The van der Waals surface area contributed by atoms with Crippen molar-refractivity contribution in [3.63, 3.8) is 0 Å². The molecule has 0 amide bonds. The Morgan fingerprint density at radius 2 is 2.33 bits per heavy atom. The highest BCUT2D eigenvalue weighted by molar-refractivity contribution is 9.10. The number of nitro groups is 1. The number of halogens is 2. The van der Waals surface area contributed by atoms with E-state index in [0.29, 0.717) is 15.8 Å². The van der Waals surface area contributed by atoms with E-state index in [1.165, 1.54) is 6.08 Å². The Morgan fingerprint density at radius 3 is 2.80 bits per heavy atom. The minimum Gasteiger partial charge on any atom is -0.496 e. The van der Waals surface area contributed by atoms with E-state index >= 15 is 0 Å². The lowest BCUT2D eigenvalue weighted by Crippen LogP contribution is -1.91. The molecule has 0 saturated carbocycles. The van der Waals surface area contributed by atoms with Crippen molar-refractivity contribution >= 4 is 33.6 Å². The molecular formula is C9H7BrClNO3. The zero-order chi connectivity index (χ0) is 11.4. The summed E-state index contributed by atoms with van der Waals surface area (Å²) in [6, 6.07) is 5.06. The van der Waals surface area contributed by atoms with Gasteiger partial charge in [-0.15, -0.1) is 0 Å². The molecule has 0 aliphatic rings. The third-order valence-electron chi connectivity index (χ3n) is 1.64. The van der Waals surface area contributed by atoms with Crippen LogP contribution < -0.4 is 4.74 Å². The van der Waals surface area contributed by atoms with Gasteiger partial charge in [0.05, 0.1) is 16.5 Å². The lowest BCUT2D eigenvalue weighted by Gasteiger charge is -2.02. The molecule has 0 aromatic heterocycles. The molecule has 0 radical (unpaired) electrons. The molecule has 1 aromatic rings. The molecule has 4 nitrogen and oxygen atoms in total. The van der Waals surface area contributed by atoms with E-state index in [1.807, 2.05) is 0 Å². The quantitative estimate of drug-likeness (QED) is 0.488. The van der Waals surface area contributed by atoms with Crippen LogP contribution in [0.3, 0.4) is 0 Å². The van der Waals surface area contributed by atoms with Crippen molar-refractivity contribution in [1.29, 1.82) is 0 Å². The topological polar surface area (TPSA) is 52.4 Å². The Morgan fingerprint density at radius 1 is 1.67 bits per heavy atom. The van der Waals surface area contributed by atoms with Gasteiger partial charge < -0.3 is 4.74 Å². The van der Waals surface area contributed by atoms with Gasteiger partial charge in [0.25, 0.3) is 0 Å². The van der Waals surface area contributed by atoms with Crippen LogP contribution in [-0.4, -0.2) is 12.0 Å². The fourth-order valence-electron chi connectivity index (χ4n) is 0.963. The summed E-state index contributed by atoms with van der Waals surface area (Å²) in [7, 11) is 1.54. The first-order chi connectivity index (χ1) is 7.04. The number of nitrogens with zero attached hydrogens (tertiary/aromatic N) is 1. The van der Waals surface area contributed by atoms with Crippen molar-refractivity contribution < 1.29 is 9.66 Å². The average molecular weight is 293 g/mol. The fourth-order valence-corrected chi connectivity index (χ4v) is 1.65. The third-order valence-corrected chi connectivity index (χ3v) is 2.50. The highest BCUT2D eigenvalue weighted by atomic mass is 79.9. The molecule has 0 fully saturated rings. The molecule has 15 heavy (non-hydrogen) atoms. The summed E-state index contributed by atoms with van der Waals surface area (Å²) in [5, 5.41) is 9.86. The smallest absolute Gasteiger partial charge is 0.337 e. The van der Waals surface area contributed by atoms with Crippen LogP contribution in [0.4, 0.5) is 0 Å². The molecule has 0 bridgehead atoms. The Balaban J connectivity index is 3.03. The van der Waals surface area contributed by atoms with E-state index in [0.717, 1.165) is 0 Å². The maximum atomic E-state index is 10.3. The predicted molar refractivity (Wildman–Crippen MR) is 61.5 cm³/mol. The number of rotatable bonds is 3. The van der Waals surface area contributed by atoms with Gasteiger partial charge >= 0.3 is 5.16 Å². The molecule has 0 aliphatic heterocycles. The molecule has 0 unspecified atom stereocenters. The summed E-state index contributed by atoms with van der Waals surface area (Å²) >= 11 is 8.66. The molecule has 6 heteroatoms. The molecule has 80 valence electrons. The van der Waals surface area contributed by atoms with Crippen LogP contribution in [0.5, 0.6) is 5.75 Å². The molecule has 0 atom stereocenters. The Labute approximate surface area is 99.8 Å². The van der Waals surface area contributed by atoms with Crippen LogP contribution in [0.1, 0.15) is 5.56 Å². The number of hydrogen-bond donors (Lipinski definition) is 0. The van der Waals surface area contributed by atoms with Gasteiger partial charge in [0, 0.05) is 6.08 Å². The van der Waals surface area contributed by atoms with Gasteiger partial charge in [-0.3, -0.25) is 10.1 Å². The van der Waals surface area contributed by atoms with Gasteiger partial charge in [0.2, 0.25) is 0 Å². The first kappa shape index (κ1) is 12.0. The lowest BCUT2D eigenvalue weighted by molar-refractivity contribution is -0.410. The van der Waals surface area contributed by atoms with Crippen LogP contribution in [-0.2, 0) is 0 Å². The van der Waals surface area contributed by atoms with E-state index in [9.17, 15) is 10.1 Å². The second-order valence-corrected chi connectivity index (χ2v) is 3.86. The van der Waals surface area contributed by atoms with Gasteiger partial charge in [-0.25, -0.2) is 0 Å². The second kappa shape index (κ2) is 5.14. The average Bonchev–Trinajstić information content (AvgIpc) is 2.18. The van der Waals surface area contributed by atoms with Gasteiger partial charge in [-0.05, 0) is 45.2 Å². The van der Waals surface area contributed by atoms with Crippen LogP contribution in [0.2, 0.25) is 0 Å². The van der Waals surface area contributed by atoms with Crippen molar-refractivity contribution in [2.24, 2.45) is 0 Å². The van der Waals surface area contributed by atoms with E-state index in [1.54, 1.807) is 25.3 Å². The van der Waals surface area contributed by atoms with Crippen molar-refractivity contribution in [2.45, 2.75) is 0 Å². The molecule has 1 aromatic carbocycles. The fraction of sp³-hybridized carbons (Fsp3) is 0.111. The number of hydrogen-bond acceptors (Lipinski definition) is 3. The summed E-state index contributed by atoms with van der Waals surface area (Å²) in [6.45, 7) is 0. The van der Waals surface area contributed by atoms with Gasteiger partial charge in [-0.2, -0.15) is 0 Å². The minimum absolute atomic E-state index is 0.424. The Kier molecular flexibility index (Phi) is 4.11. The summed E-state index contributed by atoms with van der Waals surface area (Å²) in [5.41, 5.74) is 0.629. The van der Waals surface area contributed by atoms with Crippen molar-refractivity contribution in [3.05, 3.63) is 43.5 Å². The molecule has 0 aliphatic carbocycles. The molecule has 0 heterocycles. The highest BCUT2D eigenvalue weighted by Crippen LogP contribution is 2.26. The lowest BCUT2D eigenvalue weighted by atomic mass is 10.2. The summed E-state index contributed by atoms with van der Waals surface area (Å²) in [4.78, 5) is 9.63. The molecule has 0 N–H and O–H groups in total. The molecule has 0 spiro atoms. The number of ether oxygens (including phenoxy) is 1. The third kappa shape index (κ3) is 3.21. The van der Waals surface area contributed by atoms with E-state index in [2.05, 4.69) is 15.9 Å². The Hall–Kier alpha value is -1.07. The van der Waals surface area contributed by atoms with Crippen LogP contribution in [0.25, 0.3) is 6.08 Å². The molecule has 1 rings (SSSR count). The summed E-state index contributed by atoms with van der Waals surface area (Å²) in [6.07, 6.45) is 1.27. The first-order valence-corrected chi connectivity index (χ1v) is 5.07. The van der Waals surface area contributed by atoms with Crippen molar-refractivity contribution in [3.8, 4) is 5.75 Å². The Bertz CT molecular complexity index is 420. The number of benzene rings is 1. The zero-order valence-corrected chi connectivity index (χ0v) is 10.1. The van der Waals surface area contributed by atoms with Crippen LogP contribution >= 0.6 is 27.5 Å². The van der Waals surface area contributed by atoms with E-state index in [4.69, 9.17) is 16.3 Å². The maximum absolute atomic E-state index is 10.3.